The molecule has 0 fully saturated rings. The van der Waals surface area contributed by atoms with Crippen molar-refractivity contribution in [1.82, 2.24) is 0 Å². The number of unbranched alkanes of at least 4 members (excludes halogenated alkanes) is 16. The second kappa shape index (κ2) is 21.2. The quantitative estimate of drug-likeness (QED) is 0.0660. The van der Waals surface area contributed by atoms with Gasteiger partial charge in [-0.2, -0.15) is 16.8 Å². The van der Waals surface area contributed by atoms with Gasteiger partial charge in [0.15, 0.2) is 0 Å². The van der Waals surface area contributed by atoms with E-state index in [9.17, 15) is 21.6 Å². The van der Waals surface area contributed by atoms with Gasteiger partial charge in [0.2, 0.25) is 0 Å². The SMILES string of the molecule is CC(C)(CCCCCCCCCCCOS(=O)(=O)O)C(=O)C(C)(C)CCCCCCCCCCCOS(=O)(=O)O. The Morgan fingerprint density at radius 2 is 0.700 bits per heavy atom. The molecule has 0 rings (SSSR count). The fourth-order valence-electron chi connectivity index (χ4n) is 5.28. The predicted octanol–water partition coefficient (Wildman–Crippen LogP) is 8.05. The number of carbonyl (C=O) groups excluding carboxylic acids is 1. The molecule has 0 spiro atoms. The van der Waals surface area contributed by atoms with Gasteiger partial charge in [0, 0.05) is 10.8 Å². The van der Waals surface area contributed by atoms with E-state index in [2.05, 4.69) is 36.1 Å². The van der Waals surface area contributed by atoms with E-state index in [0.29, 0.717) is 18.6 Å². The average Bonchev–Trinajstić information content (AvgIpc) is 2.83. The second-order valence-electron chi connectivity index (χ2n) is 12.5. The summed E-state index contributed by atoms with van der Waals surface area (Å²) in [6.07, 6.45) is 20.6. The lowest BCUT2D eigenvalue weighted by atomic mass is 9.69. The van der Waals surface area contributed by atoms with Gasteiger partial charge in [-0.1, -0.05) is 130 Å². The Kier molecular flexibility index (Phi) is 20.8. The van der Waals surface area contributed by atoms with Gasteiger partial charge in [0.05, 0.1) is 13.2 Å². The Hall–Kier alpha value is -0.590. The van der Waals surface area contributed by atoms with Crippen molar-refractivity contribution >= 4 is 26.6 Å². The van der Waals surface area contributed by atoms with Crippen molar-refractivity contribution in [3.05, 3.63) is 0 Å². The summed E-state index contributed by atoms with van der Waals surface area (Å²) >= 11 is 0. The molecule has 0 aromatic carbocycles. The summed E-state index contributed by atoms with van der Waals surface area (Å²) in [7, 11) is -8.63. The van der Waals surface area contributed by atoms with E-state index in [-0.39, 0.29) is 24.0 Å². The summed E-state index contributed by atoms with van der Waals surface area (Å²) < 4.78 is 67.5. The maximum Gasteiger partial charge on any atom is 0.397 e. The van der Waals surface area contributed by atoms with Gasteiger partial charge in [0.1, 0.15) is 5.78 Å². The molecule has 0 unspecified atom stereocenters. The van der Waals surface area contributed by atoms with E-state index >= 15 is 0 Å². The van der Waals surface area contributed by atoms with Gasteiger partial charge in [-0.25, -0.2) is 8.37 Å². The highest BCUT2D eigenvalue weighted by molar-refractivity contribution is 7.81. The van der Waals surface area contributed by atoms with E-state index in [0.717, 1.165) is 89.9 Å². The molecule has 0 aromatic heterocycles. The third-order valence-corrected chi connectivity index (χ3v) is 8.52. The third kappa shape index (κ3) is 24.1. The molecule has 0 aliphatic heterocycles. The number of rotatable bonds is 28. The Morgan fingerprint density at radius 1 is 0.475 bits per heavy atom. The van der Waals surface area contributed by atoms with Crippen LogP contribution in [0, 0.1) is 10.8 Å². The standard InChI is InChI=1S/C29H58O9S2/c1-28(2,23-19-15-11-7-5-9-13-17-21-25-37-39(31,32)33)27(30)29(3,4)24-20-16-12-8-6-10-14-18-22-26-38-40(34,35)36/h5-26H2,1-4H3,(H,31,32,33)(H,34,35,36). The van der Waals surface area contributed by atoms with Crippen LogP contribution in [0.5, 0.6) is 0 Å². The van der Waals surface area contributed by atoms with Crippen molar-refractivity contribution in [2.24, 2.45) is 10.8 Å². The molecule has 0 bridgehead atoms. The topological polar surface area (TPSA) is 144 Å². The number of hydrogen-bond acceptors (Lipinski definition) is 7. The van der Waals surface area contributed by atoms with Crippen LogP contribution in [0.3, 0.4) is 0 Å². The highest BCUT2D eigenvalue weighted by atomic mass is 32.3. The molecule has 240 valence electrons. The van der Waals surface area contributed by atoms with E-state index in [1.165, 1.54) is 25.7 Å². The smallest absolute Gasteiger partial charge is 0.299 e. The molecular weight excluding hydrogens is 556 g/mol. The highest BCUT2D eigenvalue weighted by Gasteiger charge is 2.37. The lowest BCUT2D eigenvalue weighted by molar-refractivity contribution is -0.136. The summed E-state index contributed by atoms with van der Waals surface area (Å²) in [5, 5.41) is 0. The Labute approximate surface area is 245 Å². The minimum Gasteiger partial charge on any atom is -0.299 e. The molecule has 0 aromatic rings. The van der Waals surface area contributed by atoms with Crippen molar-refractivity contribution in [1.29, 1.82) is 0 Å². The van der Waals surface area contributed by atoms with Gasteiger partial charge in [-0.15, -0.1) is 0 Å². The zero-order valence-electron chi connectivity index (χ0n) is 25.6. The van der Waals surface area contributed by atoms with Crippen LogP contribution in [0.1, 0.15) is 156 Å². The molecule has 9 nitrogen and oxygen atoms in total. The molecule has 40 heavy (non-hydrogen) atoms. The van der Waals surface area contributed by atoms with Crippen LogP contribution in [0.15, 0.2) is 0 Å². The minimum absolute atomic E-state index is 0.0377. The fraction of sp³-hybridized carbons (Fsp3) is 0.966. The van der Waals surface area contributed by atoms with Crippen molar-refractivity contribution in [3.63, 3.8) is 0 Å². The van der Waals surface area contributed by atoms with Crippen molar-refractivity contribution in [3.8, 4) is 0 Å². The first kappa shape index (κ1) is 39.4. The normalized spacial score (nSPS) is 13.2. The molecule has 11 heteroatoms. The van der Waals surface area contributed by atoms with Crippen LogP contribution in [-0.4, -0.2) is 44.9 Å². The average molecular weight is 615 g/mol. The highest BCUT2D eigenvalue weighted by Crippen LogP contribution is 2.37. The molecule has 0 heterocycles. The number of Topliss-reactive ketones (excluding diaryl/α,β-unsaturated/α-hetero) is 1. The second-order valence-corrected chi connectivity index (χ2v) is 14.6. The molecule has 2 N–H and O–H groups in total. The van der Waals surface area contributed by atoms with Crippen LogP contribution in [0.4, 0.5) is 0 Å². The summed E-state index contributed by atoms with van der Waals surface area (Å²) in [5.74, 6) is 0.371. The lowest BCUT2D eigenvalue weighted by Crippen LogP contribution is -2.37. The fourth-order valence-corrected chi connectivity index (χ4v) is 5.94. The summed E-state index contributed by atoms with van der Waals surface area (Å²) in [6.45, 7) is 8.46. The first-order chi connectivity index (χ1) is 18.6. The number of carbonyl (C=O) groups is 1. The van der Waals surface area contributed by atoms with Gasteiger partial charge >= 0.3 is 20.8 Å². The Morgan fingerprint density at radius 3 is 0.950 bits per heavy atom. The molecule has 0 aliphatic rings. The van der Waals surface area contributed by atoms with Gasteiger partial charge in [-0.3, -0.25) is 13.9 Å². The van der Waals surface area contributed by atoms with Crippen molar-refractivity contribution in [2.45, 2.75) is 156 Å². The molecular formula is C29H58O9S2. The van der Waals surface area contributed by atoms with Gasteiger partial charge in [-0.05, 0) is 25.7 Å². The van der Waals surface area contributed by atoms with E-state index in [1.807, 2.05) is 0 Å². The van der Waals surface area contributed by atoms with Crippen LogP contribution in [0.2, 0.25) is 0 Å². The molecule has 0 radical (unpaired) electrons. The Bertz CT molecular complexity index is 796. The van der Waals surface area contributed by atoms with Crippen molar-refractivity contribution in [2.75, 3.05) is 13.2 Å². The maximum absolute atomic E-state index is 13.3. The van der Waals surface area contributed by atoms with Crippen molar-refractivity contribution < 1.29 is 39.1 Å². The summed E-state index contributed by atoms with van der Waals surface area (Å²) in [5.41, 5.74) is -0.611. The van der Waals surface area contributed by atoms with Crippen LogP contribution in [0.25, 0.3) is 0 Å². The predicted molar refractivity (Wildman–Crippen MR) is 160 cm³/mol. The van der Waals surface area contributed by atoms with Gasteiger partial charge < -0.3 is 0 Å². The van der Waals surface area contributed by atoms with E-state index in [4.69, 9.17) is 9.11 Å². The molecule has 0 amide bonds. The maximum atomic E-state index is 13.3. The number of hydrogen-bond donors (Lipinski definition) is 2. The first-order valence-electron chi connectivity index (χ1n) is 15.4. The number of ketones is 1. The molecule has 0 aliphatic carbocycles. The summed E-state index contributed by atoms with van der Waals surface area (Å²) in [6, 6.07) is 0. The largest absolute Gasteiger partial charge is 0.397 e. The lowest BCUT2D eigenvalue weighted by Gasteiger charge is -2.33. The minimum atomic E-state index is -4.31. The Balaban J connectivity index is 3.81. The van der Waals surface area contributed by atoms with E-state index in [1.54, 1.807) is 0 Å². The third-order valence-electron chi connectivity index (χ3n) is 7.59. The zero-order valence-corrected chi connectivity index (χ0v) is 27.3. The summed E-state index contributed by atoms with van der Waals surface area (Å²) in [4.78, 5) is 13.3. The molecule has 0 saturated carbocycles. The monoisotopic (exact) mass is 614 g/mol. The van der Waals surface area contributed by atoms with E-state index < -0.39 is 20.8 Å². The molecule has 0 atom stereocenters. The first-order valence-corrected chi connectivity index (χ1v) is 18.1. The van der Waals surface area contributed by atoms with Crippen LogP contribution < -0.4 is 0 Å². The zero-order chi connectivity index (χ0) is 30.5. The van der Waals surface area contributed by atoms with Crippen LogP contribution >= 0.6 is 0 Å². The molecule has 0 saturated heterocycles. The van der Waals surface area contributed by atoms with Crippen LogP contribution in [-0.2, 0) is 34.0 Å². The van der Waals surface area contributed by atoms with Gasteiger partial charge in [0.25, 0.3) is 0 Å².